The van der Waals surface area contributed by atoms with Crippen LogP contribution in [0.1, 0.15) is 36.4 Å². The van der Waals surface area contributed by atoms with E-state index in [1.54, 1.807) is 19.5 Å². The summed E-state index contributed by atoms with van der Waals surface area (Å²) in [6.45, 7) is 7.27. The summed E-state index contributed by atoms with van der Waals surface area (Å²) in [4.78, 5) is 21.4. The number of rotatable bonds is 7. The van der Waals surface area contributed by atoms with Crippen molar-refractivity contribution in [2.45, 2.75) is 33.3 Å². The molecule has 2 N–H and O–H groups in total. The zero-order chi connectivity index (χ0) is 20.8. The fourth-order valence-corrected chi connectivity index (χ4v) is 3.46. The molecule has 0 spiro atoms. The zero-order valence-corrected chi connectivity index (χ0v) is 17.9. The summed E-state index contributed by atoms with van der Waals surface area (Å²) in [6, 6.07) is 1.52. The molecule has 8 heteroatoms. The van der Waals surface area contributed by atoms with Crippen LogP contribution in [0.3, 0.4) is 0 Å². The molecule has 7 nitrogen and oxygen atoms in total. The fraction of sp³-hybridized carbons (Fsp3) is 0.476. The van der Waals surface area contributed by atoms with Gasteiger partial charge in [0.25, 0.3) is 0 Å². The number of ether oxygens (including phenoxy) is 2. The number of amides is 2. The van der Waals surface area contributed by atoms with Gasteiger partial charge in [0, 0.05) is 18.3 Å². The molecule has 1 saturated carbocycles. The lowest BCUT2D eigenvalue weighted by atomic mass is 10.2. The highest BCUT2D eigenvalue weighted by Crippen LogP contribution is 2.37. The predicted molar refractivity (Wildman–Crippen MR) is 113 cm³/mol. The van der Waals surface area contributed by atoms with Crippen molar-refractivity contribution >= 4 is 22.5 Å². The molecule has 2 aromatic heterocycles. The number of thiazole rings is 1. The Morgan fingerprint density at radius 3 is 2.93 bits per heavy atom. The van der Waals surface area contributed by atoms with Gasteiger partial charge in [0.05, 0.1) is 31.7 Å². The Balaban J connectivity index is 1.49. The third-order valence-corrected chi connectivity index (χ3v) is 5.70. The Morgan fingerprint density at radius 2 is 2.21 bits per heavy atom. The molecule has 3 atom stereocenters. The second-order valence-corrected chi connectivity index (χ2v) is 8.25. The van der Waals surface area contributed by atoms with Gasteiger partial charge in [0.2, 0.25) is 0 Å². The van der Waals surface area contributed by atoms with Crippen LogP contribution >= 0.6 is 11.3 Å². The van der Waals surface area contributed by atoms with Crippen LogP contribution in [0.25, 0.3) is 0 Å². The van der Waals surface area contributed by atoms with E-state index >= 15 is 0 Å². The Labute approximate surface area is 175 Å². The molecular weight excluding hydrogens is 388 g/mol. The number of carbonyl (C=O) groups excluding carboxylic acids is 1. The SMILES string of the molecule is COc1cncc(C#Cc2sc(NC(=O)NCC(C)OCC3CC3C)nc2C)c1. The van der Waals surface area contributed by atoms with Crippen LogP contribution in [0.15, 0.2) is 18.5 Å². The number of aromatic nitrogens is 2. The van der Waals surface area contributed by atoms with Crippen LogP contribution in [0, 0.1) is 30.6 Å². The molecule has 0 aliphatic heterocycles. The number of hydrogen-bond donors (Lipinski definition) is 2. The van der Waals surface area contributed by atoms with Gasteiger partial charge in [0.15, 0.2) is 5.13 Å². The second-order valence-electron chi connectivity index (χ2n) is 7.25. The first-order valence-electron chi connectivity index (χ1n) is 9.59. The van der Waals surface area contributed by atoms with E-state index in [4.69, 9.17) is 9.47 Å². The summed E-state index contributed by atoms with van der Waals surface area (Å²) in [5.74, 6) is 8.23. The van der Waals surface area contributed by atoms with Crippen LogP contribution in [0.4, 0.5) is 9.93 Å². The predicted octanol–water partition coefficient (Wildman–Crippen LogP) is 3.44. The average molecular weight is 415 g/mol. The first-order valence-corrected chi connectivity index (χ1v) is 10.4. The first kappa shape index (κ1) is 21.1. The van der Waals surface area contributed by atoms with Crippen LogP contribution in [-0.4, -0.2) is 42.4 Å². The molecule has 0 saturated heterocycles. The van der Waals surface area contributed by atoms with Gasteiger partial charge in [-0.1, -0.05) is 24.2 Å². The summed E-state index contributed by atoms with van der Waals surface area (Å²) in [6.07, 6.45) is 4.52. The fourth-order valence-electron chi connectivity index (χ4n) is 2.65. The summed E-state index contributed by atoms with van der Waals surface area (Å²) in [5.41, 5.74) is 1.52. The number of pyridine rings is 1. The van der Waals surface area contributed by atoms with E-state index in [0.717, 1.165) is 28.7 Å². The van der Waals surface area contributed by atoms with Crippen molar-refractivity contribution in [3.05, 3.63) is 34.6 Å². The minimum absolute atomic E-state index is 0.0236. The van der Waals surface area contributed by atoms with Crippen molar-refractivity contribution in [1.29, 1.82) is 0 Å². The second kappa shape index (κ2) is 9.72. The van der Waals surface area contributed by atoms with E-state index in [0.29, 0.717) is 23.3 Å². The number of carbonyl (C=O) groups is 1. The highest BCUT2D eigenvalue weighted by molar-refractivity contribution is 7.16. The maximum atomic E-state index is 12.1. The number of methoxy groups -OCH3 is 1. The largest absolute Gasteiger partial charge is 0.495 e. The molecule has 0 aromatic carbocycles. The molecule has 2 aromatic rings. The Hall–Kier alpha value is -2.63. The lowest BCUT2D eigenvalue weighted by molar-refractivity contribution is 0.0580. The van der Waals surface area contributed by atoms with E-state index in [-0.39, 0.29) is 12.1 Å². The smallest absolute Gasteiger partial charge is 0.321 e. The molecule has 3 unspecified atom stereocenters. The van der Waals surface area contributed by atoms with Gasteiger partial charge in [-0.05, 0) is 44.1 Å². The van der Waals surface area contributed by atoms with E-state index in [9.17, 15) is 4.79 Å². The molecule has 1 fully saturated rings. The van der Waals surface area contributed by atoms with Crippen LogP contribution < -0.4 is 15.4 Å². The Kier molecular flexibility index (Phi) is 7.07. The lowest BCUT2D eigenvalue weighted by Gasteiger charge is -2.13. The van der Waals surface area contributed by atoms with Crippen molar-refractivity contribution in [3.63, 3.8) is 0 Å². The lowest BCUT2D eigenvalue weighted by Crippen LogP contribution is -2.35. The number of nitrogens with zero attached hydrogens (tertiary/aromatic N) is 2. The van der Waals surface area contributed by atoms with Crippen LogP contribution in [0.5, 0.6) is 5.75 Å². The minimum Gasteiger partial charge on any atom is -0.495 e. The number of hydrogen-bond acceptors (Lipinski definition) is 6. The topological polar surface area (TPSA) is 85.4 Å². The van der Waals surface area contributed by atoms with Crippen molar-refractivity contribution in [1.82, 2.24) is 15.3 Å². The summed E-state index contributed by atoms with van der Waals surface area (Å²) in [5, 5.41) is 6.09. The quantitative estimate of drug-likeness (QED) is 0.678. The van der Waals surface area contributed by atoms with E-state index in [1.165, 1.54) is 17.8 Å². The zero-order valence-electron chi connectivity index (χ0n) is 17.1. The Morgan fingerprint density at radius 1 is 1.41 bits per heavy atom. The summed E-state index contributed by atoms with van der Waals surface area (Å²) >= 11 is 1.33. The molecular formula is C21H26N4O3S. The minimum atomic E-state index is -0.300. The molecule has 2 heterocycles. The average Bonchev–Trinajstić information content (AvgIpc) is 3.31. The summed E-state index contributed by atoms with van der Waals surface area (Å²) in [7, 11) is 1.59. The van der Waals surface area contributed by atoms with Gasteiger partial charge >= 0.3 is 6.03 Å². The molecule has 154 valence electrons. The third-order valence-electron chi connectivity index (χ3n) is 4.71. The number of nitrogens with one attached hydrogen (secondary N) is 2. The van der Waals surface area contributed by atoms with Crippen LogP contribution in [0.2, 0.25) is 0 Å². The maximum absolute atomic E-state index is 12.1. The molecule has 2 amide bonds. The third kappa shape index (κ3) is 6.44. The highest BCUT2D eigenvalue weighted by atomic mass is 32.1. The van der Waals surface area contributed by atoms with Crippen molar-refractivity contribution in [2.75, 3.05) is 25.6 Å². The number of anilines is 1. The van der Waals surface area contributed by atoms with Gasteiger partial charge in [-0.15, -0.1) is 0 Å². The van der Waals surface area contributed by atoms with Crippen LogP contribution in [-0.2, 0) is 4.74 Å². The van der Waals surface area contributed by atoms with Crippen molar-refractivity contribution < 1.29 is 14.3 Å². The van der Waals surface area contributed by atoms with Crippen molar-refractivity contribution in [2.24, 2.45) is 11.8 Å². The number of urea groups is 1. The molecule has 0 radical (unpaired) electrons. The van der Waals surface area contributed by atoms with Gasteiger partial charge in [-0.2, -0.15) is 0 Å². The van der Waals surface area contributed by atoms with Gasteiger partial charge in [-0.3, -0.25) is 10.3 Å². The normalized spacial score (nSPS) is 18.3. The standard InChI is InChI=1S/C21H26N4O3S/c1-13-7-17(13)12-28-14(2)9-23-20(26)25-21-24-15(3)19(29-21)6-5-16-8-18(27-4)11-22-10-16/h8,10-11,13-14,17H,7,9,12H2,1-4H3,(H2,23,24,25,26). The first-order chi connectivity index (χ1) is 13.9. The number of aryl methyl sites for hydroxylation is 1. The van der Waals surface area contributed by atoms with Gasteiger partial charge in [0.1, 0.15) is 10.6 Å². The molecule has 1 aliphatic rings. The maximum Gasteiger partial charge on any atom is 0.321 e. The molecule has 0 bridgehead atoms. The van der Waals surface area contributed by atoms with E-state index in [1.807, 2.05) is 19.9 Å². The van der Waals surface area contributed by atoms with Gasteiger partial charge < -0.3 is 14.8 Å². The van der Waals surface area contributed by atoms with Crippen molar-refractivity contribution in [3.8, 4) is 17.6 Å². The molecule has 29 heavy (non-hydrogen) atoms. The van der Waals surface area contributed by atoms with E-state index in [2.05, 4.69) is 39.4 Å². The molecule has 1 aliphatic carbocycles. The highest BCUT2D eigenvalue weighted by Gasteiger charge is 2.32. The molecule has 3 rings (SSSR count). The monoisotopic (exact) mass is 414 g/mol. The Bertz CT molecular complexity index is 918. The summed E-state index contributed by atoms with van der Waals surface area (Å²) < 4.78 is 10.9. The van der Waals surface area contributed by atoms with Gasteiger partial charge in [-0.25, -0.2) is 9.78 Å². The van der Waals surface area contributed by atoms with E-state index < -0.39 is 0 Å².